The van der Waals surface area contributed by atoms with E-state index in [9.17, 15) is 19.5 Å². The van der Waals surface area contributed by atoms with E-state index in [1.54, 1.807) is 22.7 Å². The molecule has 3 aliphatic heterocycles. The minimum Gasteiger partial charge on any atom is -0.394 e. The number of carbonyl (C=O) groups excluding carboxylic acids is 3. The summed E-state index contributed by atoms with van der Waals surface area (Å²) in [6.07, 6.45) is 1.91. The fourth-order valence-electron chi connectivity index (χ4n) is 7.15. The number of rotatable bonds is 9. The number of likely N-dealkylation sites (tertiary alicyclic amines) is 1. The lowest BCUT2D eigenvalue weighted by atomic mass is 9.66. The van der Waals surface area contributed by atoms with Gasteiger partial charge >= 0.3 is 0 Å². The van der Waals surface area contributed by atoms with Gasteiger partial charge in [-0.25, -0.2) is 0 Å². The van der Waals surface area contributed by atoms with Crippen molar-refractivity contribution in [2.75, 3.05) is 11.9 Å². The number of nitrogens with zero attached hydrogens (tertiary/aromatic N) is 1. The lowest BCUT2D eigenvalue weighted by molar-refractivity contribution is -0.143. The first-order valence-corrected chi connectivity index (χ1v) is 15.2. The van der Waals surface area contributed by atoms with Gasteiger partial charge in [0.2, 0.25) is 17.7 Å². The molecule has 3 heterocycles. The van der Waals surface area contributed by atoms with E-state index in [2.05, 4.69) is 17.6 Å². The Bertz CT molecular complexity index is 1290. The van der Waals surface area contributed by atoms with E-state index in [4.69, 9.17) is 11.6 Å². The smallest absolute Gasteiger partial charge is 0.248 e. The zero-order chi connectivity index (χ0) is 28.8. The molecule has 6 atom stereocenters. The van der Waals surface area contributed by atoms with Crippen LogP contribution < -0.4 is 10.6 Å². The average Bonchev–Trinajstić information content (AvgIpc) is 3.49. The molecule has 3 N–H and O–H groups in total. The maximum absolute atomic E-state index is 14.4. The van der Waals surface area contributed by atoms with Crippen molar-refractivity contribution in [3.63, 3.8) is 0 Å². The van der Waals surface area contributed by atoms with Crippen LogP contribution in [0.15, 0.2) is 48.5 Å². The first kappa shape index (κ1) is 29.0. The Morgan fingerprint density at radius 1 is 1.12 bits per heavy atom. The van der Waals surface area contributed by atoms with Gasteiger partial charge in [0.15, 0.2) is 0 Å². The molecule has 2 aromatic rings. The summed E-state index contributed by atoms with van der Waals surface area (Å²) in [4.78, 5) is 44.1. The number of thioether (sulfide) groups is 1. The van der Waals surface area contributed by atoms with Crippen LogP contribution in [0, 0.1) is 24.7 Å². The Hall–Kier alpha value is -2.55. The number of hydrogen-bond acceptors (Lipinski definition) is 5. The number of benzene rings is 2. The summed E-state index contributed by atoms with van der Waals surface area (Å²) in [7, 11) is 0. The Morgan fingerprint density at radius 3 is 2.50 bits per heavy atom. The van der Waals surface area contributed by atoms with Gasteiger partial charge in [-0.2, -0.15) is 0 Å². The van der Waals surface area contributed by atoms with Gasteiger partial charge in [0.25, 0.3) is 0 Å². The van der Waals surface area contributed by atoms with Gasteiger partial charge in [-0.3, -0.25) is 14.4 Å². The van der Waals surface area contributed by atoms with Gasteiger partial charge in [-0.1, -0.05) is 67.9 Å². The Balaban J connectivity index is 1.52. The zero-order valence-corrected chi connectivity index (χ0v) is 25.0. The number of aryl methyl sites for hydroxylation is 1. The van der Waals surface area contributed by atoms with E-state index < -0.39 is 33.4 Å². The molecule has 0 aromatic heterocycles. The van der Waals surface area contributed by atoms with Crippen molar-refractivity contribution >= 4 is 46.8 Å². The molecule has 214 valence electrons. The maximum atomic E-state index is 14.4. The second-order valence-corrected chi connectivity index (χ2v) is 14.4. The summed E-state index contributed by atoms with van der Waals surface area (Å²) >= 11 is 8.09. The van der Waals surface area contributed by atoms with E-state index in [0.29, 0.717) is 30.1 Å². The van der Waals surface area contributed by atoms with Gasteiger partial charge in [-0.15, -0.1) is 11.8 Å². The number of amides is 3. The maximum Gasteiger partial charge on any atom is 0.248 e. The van der Waals surface area contributed by atoms with E-state index in [-0.39, 0.29) is 30.2 Å². The van der Waals surface area contributed by atoms with E-state index in [1.807, 2.05) is 63.2 Å². The van der Waals surface area contributed by atoms with E-state index in [1.165, 1.54) is 0 Å². The lowest BCUT2D eigenvalue weighted by Gasteiger charge is -2.37. The molecule has 3 saturated heterocycles. The fourth-order valence-corrected chi connectivity index (χ4v) is 9.77. The normalized spacial score (nSPS) is 29.5. The minimum absolute atomic E-state index is 0.161. The molecule has 0 saturated carbocycles. The van der Waals surface area contributed by atoms with Gasteiger partial charge < -0.3 is 20.6 Å². The summed E-state index contributed by atoms with van der Waals surface area (Å²) in [5, 5.41) is 17.0. The molecular formula is C31H38ClN3O4S. The topological polar surface area (TPSA) is 98.7 Å². The number of fused-ring (bicyclic) bond motifs is 1. The average molecular weight is 584 g/mol. The molecule has 0 aliphatic carbocycles. The second kappa shape index (κ2) is 11.0. The monoisotopic (exact) mass is 583 g/mol. The van der Waals surface area contributed by atoms with Crippen LogP contribution in [0.4, 0.5) is 5.69 Å². The van der Waals surface area contributed by atoms with E-state index >= 15 is 0 Å². The van der Waals surface area contributed by atoms with Crippen molar-refractivity contribution in [2.24, 2.45) is 17.8 Å². The number of nitrogens with one attached hydrogen (secondary N) is 2. The largest absolute Gasteiger partial charge is 0.394 e. The van der Waals surface area contributed by atoms with Crippen molar-refractivity contribution in [2.45, 2.75) is 75.1 Å². The first-order chi connectivity index (χ1) is 19.0. The molecule has 7 nitrogen and oxygen atoms in total. The highest BCUT2D eigenvalue weighted by molar-refractivity contribution is 8.02. The van der Waals surface area contributed by atoms with Crippen LogP contribution in [-0.4, -0.2) is 55.9 Å². The molecule has 2 aromatic carbocycles. The molecule has 9 heteroatoms. The minimum atomic E-state index is -0.838. The molecule has 5 rings (SSSR count). The van der Waals surface area contributed by atoms with Gasteiger partial charge in [0.05, 0.1) is 39.9 Å². The van der Waals surface area contributed by atoms with Gasteiger partial charge in [0.1, 0.15) is 6.04 Å². The lowest BCUT2D eigenvalue weighted by Crippen LogP contribution is -2.55. The summed E-state index contributed by atoms with van der Waals surface area (Å²) < 4.78 is -1.25. The number of anilines is 1. The molecule has 3 fully saturated rings. The standard InChI is InChI=1S/C31H38ClN3O4S/c1-18(2)15-21(17-36)35-26(28(38)34-25-19(3)9-8-12-22(25)32)31-14-13-30(4,40-31)23(24(31)29(35)39)27(37)33-16-20-10-6-5-7-11-20/h5-12,18,21,23-24,26,36H,13-17H2,1-4H3,(H,33,37)(H,34,38)/t21-,23-,24+,26?,30+,31?/m1/s1. The van der Waals surface area contributed by atoms with Crippen molar-refractivity contribution in [3.05, 3.63) is 64.7 Å². The molecule has 0 radical (unpaired) electrons. The number of aliphatic hydroxyl groups excluding tert-OH is 1. The highest BCUT2D eigenvalue weighted by Gasteiger charge is 2.77. The highest BCUT2D eigenvalue weighted by atomic mass is 35.5. The second-order valence-electron chi connectivity index (χ2n) is 12.1. The van der Waals surface area contributed by atoms with Crippen molar-refractivity contribution in [1.29, 1.82) is 0 Å². The molecular weight excluding hydrogens is 546 g/mol. The molecule has 2 unspecified atom stereocenters. The predicted molar refractivity (Wildman–Crippen MR) is 159 cm³/mol. The molecule has 1 spiro atoms. The van der Waals surface area contributed by atoms with E-state index in [0.717, 1.165) is 17.5 Å². The van der Waals surface area contributed by atoms with Crippen LogP contribution in [0.1, 0.15) is 51.2 Å². The van der Waals surface area contributed by atoms with Crippen LogP contribution in [0.3, 0.4) is 0 Å². The van der Waals surface area contributed by atoms with Crippen LogP contribution in [0.25, 0.3) is 0 Å². The van der Waals surface area contributed by atoms with Crippen LogP contribution in [0.5, 0.6) is 0 Å². The number of para-hydroxylation sites is 1. The molecule has 3 aliphatic rings. The zero-order valence-electron chi connectivity index (χ0n) is 23.4. The third-order valence-corrected chi connectivity index (χ3v) is 11.2. The van der Waals surface area contributed by atoms with Crippen LogP contribution >= 0.6 is 23.4 Å². The molecule has 40 heavy (non-hydrogen) atoms. The third kappa shape index (κ3) is 4.82. The summed E-state index contributed by atoms with van der Waals surface area (Å²) in [5.74, 6) is -1.74. The molecule has 3 amide bonds. The number of halogens is 1. The summed E-state index contributed by atoms with van der Waals surface area (Å²) in [5.41, 5.74) is 2.32. The fraction of sp³-hybridized carbons (Fsp3) is 0.516. The van der Waals surface area contributed by atoms with Crippen LogP contribution in [-0.2, 0) is 20.9 Å². The number of carbonyl (C=O) groups is 3. The summed E-state index contributed by atoms with van der Waals surface area (Å²) in [6.45, 7) is 8.11. The van der Waals surface area contributed by atoms with Crippen molar-refractivity contribution in [1.82, 2.24) is 10.2 Å². The number of aliphatic hydroxyl groups is 1. The Kier molecular flexibility index (Phi) is 7.98. The quantitative estimate of drug-likeness (QED) is 0.394. The predicted octanol–water partition coefficient (Wildman–Crippen LogP) is 4.79. The van der Waals surface area contributed by atoms with Crippen molar-refractivity contribution < 1.29 is 19.5 Å². The number of hydrogen-bond donors (Lipinski definition) is 3. The first-order valence-electron chi connectivity index (χ1n) is 14.0. The molecule has 2 bridgehead atoms. The third-order valence-electron chi connectivity index (χ3n) is 8.87. The van der Waals surface area contributed by atoms with Crippen molar-refractivity contribution in [3.8, 4) is 0 Å². The van der Waals surface area contributed by atoms with Gasteiger partial charge in [-0.05, 0) is 56.2 Å². The Morgan fingerprint density at radius 2 is 1.85 bits per heavy atom. The SMILES string of the molecule is Cc1cccc(Cl)c1NC(=O)C1N([C@@H](CO)CC(C)C)C(=O)[C@@H]2[C@H](C(=O)NCc3ccccc3)[C@]3(C)CCC12S3. The highest BCUT2D eigenvalue weighted by Crippen LogP contribution is 2.71. The summed E-state index contributed by atoms with van der Waals surface area (Å²) in [6, 6.07) is 13.7. The van der Waals surface area contributed by atoms with Crippen LogP contribution in [0.2, 0.25) is 5.02 Å². The van der Waals surface area contributed by atoms with Gasteiger partial charge in [0, 0.05) is 11.3 Å². The Labute approximate surface area is 245 Å².